The van der Waals surface area contributed by atoms with Gasteiger partial charge in [-0.3, -0.25) is 0 Å². The van der Waals surface area contributed by atoms with E-state index in [1.165, 1.54) is 19.4 Å². The molecule has 3 heterocycles. The van der Waals surface area contributed by atoms with Crippen molar-refractivity contribution < 1.29 is 0 Å². The number of likely N-dealkylation sites (tertiary alicyclic amines) is 1. The third kappa shape index (κ3) is 2.60. The second-order valence-electron chi connectivity index (χ2n) is 5.55. The average molecular weight is 279 g/mol. The fraction of sp³-hybridized carbons (Fsp3) is 0.571. The highest BCUT2D eigenvalue weighted by atomic mass is 35.5. The van der Waals surface area contributed by atoms with E-state index in [-0.39, 0.29) is 0 Å². The zero-order valence-corrected chi connectivity index (χ0v) is 12.1. The normalized spacial score (nSPS) is 21.4. The maximum atomic E-state index is 5.98. The first-order chi connectivity index (χ1) is 9.13. The van der Waals surface area contributed by atoms with Crippen molar-refractivity contribution in [3.8, 4) is 0 Å². The van der Waals surface area contributed by atoms with Crippen LogP contribution in [0.3, 0.4) is 0 Å². The molecule has 1 saturated heterocycles. The first-order valence-corrected chi connectivity index (χ1v) is 7.27. The predicted octanol–water partition coefficient (Wildman–Crippen LogP) is 2.97. The summed E-state index contributed by atoms with van der Waals surface area (Å²) < 4.78 is 1.78. The van der Waals surface area contributed by atoms with Crippen molar-refractivity contribution in [1.82, 2.24) is 19.5 Å². The van der Waals surface area contributed by atoms with Crippen LogP contribution in [0.15, 0.2) is 18.3 Å². The van der Waals surface area contributed by atoms with Gasteiger partial charge < -0.3 is 4.90 Å². The van der Waals surface area contributed by atoms with Crippen LogP contribution in [-0.4, -0.2) is 38.6 Å². The summed E-state index contributed by atoms with van der Waals surface area (Å²) in [4.78, 5) is 7.14. The van der Waals surface area contributed by atoms with Crippen molar-refractivity contribution in [1.29, 1.82) is 0 Å². The van der Waals surface area contributed by atoms with Gasteiger partial charge in [-0.15, -0.1) is 0 Å². The fourth-order valence-electron chi connectivity index (χ4n) is 2.73. The molecule has 0 spiro atoms. The Morgan fingerprint density at radius 3 is 3.00 bits per heavy atom. The maximum absolute atomic E-state index is 5.98. The lowest BCUT2D eigenvalue weighted by atomic mass is 9.96. The Labute approximate surface area is 118 Å². The zero-order valence-electron chi connectivity index (χ0n) is 11.4. The molecule has 0 amide bonds. The van der Waals surface area contributed by atoms with Crippen molar-refractivity contribution in [3.05, 3.63) is 29.2 Å². The monoisotopic (exact) mass is 278 g/mol. The molecule has 19 heavy (non-hydrogen) atoms. The van der Waals surface area contributed by atoms with E-state index < -0.39 is 0 Å². The Balaban J connectivity index is 1.87. The number of hydrogen-bond donors (Lipinski definition) is 0. The summed E-state index contributed by atoms with van der Waals surface area (Å²) in [5, 5.41) is 5.28. The maximum Gasteiger partial charge on any atom is 0.156 e. The molecular weight excluding hydrogens is 260 g/mol. The van der Waals surface area contributed by atoms with Crippen molar-refractivity contribution in [3.63, 3.8) is 0 Å². The van der Waals surface area contributed by atoms with Gasteiger partial charge in [-0.25, -0.2) is 9.50 Å². The third-order valence-electron chi connectivity index (χ3n) is 3.86. The molecule has 2 aromatic rings. The van der Waals surface area contributed by atoms with E-state index in [9.17, 15) is 0 Å². The lowest BCUT2D eigenvalue weighted by Gasteiger charge is -2.34. The standard InChI is InChI=1S/C14H19ClN4/c1-10(2)18-7-3-4-11(8-18)14-16-13-6-5-12(15)9-19(13)17-14/h5-6,9-11H,3-4,7-8H2,1-2H3. The number of pyridine rings is 1. The van der Waals surface area contributed by atoms with Gasteiger partial charge in [0.1, 0.15) is 0 Å². The summed E-state index contributed by atoms with van der Waals surface area (Å²) in [5.74, 6) is 1.39. The van der Waals surface area contributed by atoms with Crippen LogP contribution in [0.1, 0.15) is 38.4 Å². The molecule has 1 unspecified atom stereocenters. The average Bonchev–Trinajstić information content (AvgIpc) is 2.81. The molecule has 2 aromatic heterocycles. The molecule has 0 bridgehead atoms. The molecule has 5 heteroatoms. The molecule has 0 aliphatic carbocycles. The molecule has 3 rings (SSSR count). The summed E-state index contributed by atoms with van der Waals surface area (Å²) in [6, 6.07) is 4.37. The highest BCUT2D eigenvalue weighted by molar-refractivity contribution is 6.30. The quantitative estimate of drug-likeness (QED) is 0.847. The molecule has 1 aliphatic heterocycles. The molecule has 0 radical (unpaired) electrons. The predicted molar refractivity (Wildman–Crippen MR) is 76.7 cm³/mol. The van der Waals surface area contributed by atoms with Crippen LogP contribution in [0.5, 0.6) is 0 Å². The van der Waals surface area contributed by atoms with Gasteiger partial charge in [0.05, 0.1) is 5.02 Å². The van der Waals surface area contributed by atoms with E-state index >= 15 is 0 Å². The lowest BCUT2D eigenvalue weighted by molar-refractivity contribution is 0.165. The summed E-state index contributed by atoms with van der Waals surface area (Å²) in [6.07, 6.45) is 4.21. The van der Waals surface area contributed by atoms with Gasteiger partial charge in [0.25, 0.3) is 0 Å². The second kappa shape index (κ2) is 5.10. The Bertz CT molecular complexity index is 578. The molecular formula is C14H19ClN4. The number of nitrogens with zero attached hydrogens (tertiary/aromatic N) is 4. The second-order valence-corrected chi connectivity index (χ2v) is 5.98. The molecule has 0 N–H and O–H groups in total. The van der Waals surface area contributed by atoms with E-state index in [2.05, 4.69) is 28.8 Å². The Morgan fingerprint density at radius 1 is 1.37 bits per heavy atom. The zero-order chi connectivity index (χ0) is 13.4. The van der Waals surface area contributed by atoms with E-state index in [4.69, 9.17) is 11.6 Å². The van der Waals surface area contributed by atoms with Gasteiger partial charge in [0.15, 0.2) is 11.5 Å². The summed E-state index contributed by atoms with van der Waals surface area (Å²) in [6.45, 7) is 6.74. The van der Waals surface area contributed by atoms with Crippen molar-refractivity contribution in [2.45, 2.75) is 38.6 Å². The van der Waals surface area contributed by atoms with E-state index in [1.807, 2.05) is 18.3 Å². The van der Waals surface area contributed by atoms with Gasteiger partial charge >= 0.3 is 0 Å². The molecule has 1 fully saturated rings. The first-order valence-electron chi connectivity index (χ1n) is 6.89. The number of piperidine rings is 1. The Hall–Kier alpha value is -1.13. The first kappa shape index (κ1) is 12.9. The number of aromatic nitrogens is 3. The molecule has 1 atom stereocenters. The van der Waals surface area contributed by atoms with Crippen LogP contribution >= 0.6 is 11.6 Å². The Kier molecular flexibility index (Phi) is 3.46. The minimum Gasteiger partial charge on any atom is -0.300 e. The number of hydrogen-bond acceptors (Lipinski definition) is 3. The number of fused-ring (bicyclic) bond motifs is 1. The summed E-state index contributed by atoms with van der Waals surface area (Å²) in [5.41, 5.74) is 0.876. The highest BCUT2D eigenvalue weighted by Gasteiger charge is 2.25. The summed E-state index contributed by atoms with van der Waals surface area (Å²) in [7, 11) is 0. The van der Waals surface area contributed by atoms with Gasteiger partial charge in [0.2, 0.25) is 0 Å². The van der Waals surface area contributed by atoms with Gasteiger partial charge in [-0.2, -0.15) is 5.10 Å². The van der Waals surface area contributed by atoms with Crippen molar-refractivity contribution in [2.24, 2.45) is 0 Å². The van der Waals surface area contributed by atoms with Crippen molar-refractivity contribution in [2.75, 3.05) is 13.1 Å². The minimum absolute atomic E-state index is 0.440. The highest BCUT2D eigenvalue weighted by Crippen LogP contribution is 2.26. The summed E-state index contributed by atoms with van der Waals surface area (Å²) >= 11 is 5.98. The fourth-order valence-corrected chi connectivity index (χ4v) is 2.89. The largest absolute Gasteiger partial charge is 0.300 e. The minimum atomic E-state index is 0.440. The number of rotatable bonds is 2. The molecule has 1 aliphatic rings. The van der Waals surface area contributed by atoms with Crippen LogP contribution in [-0.2, 0) is 0 Å². The SMILES string of the molecule is CC(C)N1CCCC(c2nc3ccc(Cl)cn3n2)C1. The van der Waals surface area contributed by atoms with E-state index in [0.29, 0.717) is 17.0 Å². The van der Waals surface area contributed by atoms with Crippen LogP contribution in [0, 0.1) is 0 Å². The van der Waals surface area contributed by atoms with Crippen LogP contribution in [0.25, 0.3) is 5.65 Å². The van der Waals surface area contributed by atoms with E-state index in [0.717, 1.165) is 18.0 Å². The Morgan fingerprint density at radius 2 is 2.21 bits per heavy atom. The number of halogens is 1. The van der Waals surface area contributed by atoms with Crippen molar-refractivity contribution >= 4 is 17.2 Å². The lowest BCUT2D eigenvalue weighted by Crippen LogP contribution is -2.39. The van der Waals surface area contributed by atoms with Crippen LogP contribution in [0.4, 0.5) is 0 Å². The smallest absolute Gasteiger partial charge is 0.156 e. The molecule has 102 valence electrons. The van der Waals surface area contributed by atoms with E-state index in [1.54, 1.807) is 4.52 Å². The van der Waals surface area contributed by atoms with Gasteiger partial charge in [-0.05, 0) is 45.4 Å². The van der Waals surface area contributed by atoms with Crippen LogP contribution in [0.2, 0.25) is 5.02 Å². The van der Waals surface area contributed by atoms with Gasteiger partial charge in [0, 0.05) is 24.7 Å². The van der Waals surface area contributed by atoms with Gasteiger partial charge in [-0.1, -0.05) is 11.6 Å². The topological polar surface area (TPSA) is 33.4 Å². The molecule has 0 aromatic carbocycles. The molecule has 0 saturated carbocycles. The van der Waals surface area contributed by atoms with Crippen LogP contribution < -0.4 is 0 Å². The third-order valence-corrected chi connectivity index (χ3v) is 4.08. The molecule has 4 nitrogen and oxygen atoms in total.